The first kappa shape index (κ1) is 20.6. The summed E-state index contributed by atoms with van der Waals surface area (Å²) in [4.78, 5) is 24.5. The highest BCUT2D eigenvalue weighted by Gasteiger charge is 2.26. The molecule has 1 aromatic heterocycles. The van der Waals surface area contributed by atoms with Gasteiger partial charge in [-0.3, -0.25) is 0 Å². The van der Waals surface area contributed by atoms with Gasteiger partial charge in [0.2, 0.25) is 0 Å². The fraction of sp³-hybridized carbons (Fsp3) is 0.611. The maximum absolute atomic E-state index is 12.2. The van der Waals surface area contributed by atoms with Crippen molar-refractivity contribution < 1.29 is 19.1 Å². The number of hydrogen-bond acceptors (Lipinski definition) is 6. The van der Waals surface area contributed by atoms with E-state index in [2.05, 4.69) is 10.6 Å². The van der Waals surface area contributed by atoms with E-state index in [9.17, 15) is 9.59 Å². The molecule has 144 valence electrons. The molecular weight excluding hydrogens is 372 g/mol. The molecular formula is C18H26N2O4S2. The number of carbonyl (C=O) groups excluding carboxylic acids is 2. The van der Waals surface area contributed by atoms with Crippen molar-refractivity contribution in [2.24, 2.45) is 0 Å². The van der Waals surface area contributed by atoms with E-state index in [0.29, 0.717) is 32.2 Å². The van der Waals surface area contributed by atoms with Crippen LogP contribution in [0.1, 0.15) is 70.5 Å². The molecule has 1 aliphatic rings. The number of hydrogen-bond donors (Lipinski definition) is 2. The molecule has 0 saturated heterocycles. The number of rotatable bonds is 4. The quantitative estimate of drug-likeness (QED) is 0.586. The molecule has 0 bridgehead atoms. The van der Waals surface area contributed by atoms with Gasteiger partial charge in [-0.15, -0.1) is 11.3 Å². The monoisotopic (exact) mass is 398 g/mol. The summed E-state index contributed by atoms with van der Waals surface area (Å²) in [5.74, 6) is -0.991. The first-order chi connectivity index (χ1) is 12.5. The van der Waals surface area contributed by atoms with E-state index in [-0.39, 0.29) is 0 Å². The molecule has 0 unspecified atom stereocenters. The number of nitrogens with one attached hydrogen (secondary N) is 2. The Bertz CT molecular complexity index is 664. The minimum atomic E-state index is -0.509. The number of anilines is 1. The summed E-state index contributed by atoms with van der Waals surface area (Å²) in [6.07, 6.45) is 8.39. The van der Waals surface area contributed by atoms with E-state index < -0.39 is 11.9 Å². The van der Waals surface area contributed by atoms with Crippen LogP contribution in [0.4, 0.5) is 5.00 Å². The molecule has 1 saturated carbocycles. The minimum Gasteiger partial charge on any atom is -0.465 e. The number of carbonyl (C=O) groups is 2. The molecule has 26 heavy (non-hydrogen) atoms. The van der Waals surface area contributed by atoms with Crippen molar-refractivity contribution >= 4 is 45.6 Å². The standard InChI is InChI=1S/C18H26N2O4S2/c1-11-13(16(21)23-2)15(26-14(11)17(22)24-3)20-18(25)19-12-9-7-5-4-6-8-10-12/h12H,4-10H2,1-3H3,(H2,19,20,25). The number of thiophene rings is 1. The van der Waals surface area contributed by atoms with Gasteiger partial charge in [-0.05, 0) is 37.5 Å². The number of ether oxygens (including phenoxy) is 2. The van der Waals surface area contributed by atoms with Crippen LogP contribution >= 0.6 is 23.6 Å². The molecule has 1 fully saturated rings. The molecule has 2 rings (SSSR count). The summed E-state index contributed by atoms with van der Waals surface area (Å²) in [7, 11) is 2.62. The first-order valence-corrected chi connectivity index (χ1v) is 10.1. The van der Waals surface area contributed by atoms with Gasteiger partial charge in [-0.2, -0.15) is 0 Å². The zero-order chi connectivity index (χ0) is 19.1. The van der Waals surface area contributed by atoms with Crippen LogP contribution in [-0.2, 0) is 9.47 Å². The molecule has 0 radical (unpaired) electrons. The summed E-state index contributed by atoms with van der Waals surface area (Å²) < 4.78 is 9.65. The SMILES string of the molecule is COC(=O)c1sc(NC(=S)NC2CCCCCCC2)c(C(=O)OC)c1C. The summed E-state index contributed by atoms with van der Waals surface area (Å²) in [5, 5.41) is 7.38. The van der Waals surface area contributed by atoms with Gasteiger partial charge in [-0.1, -0.05) is 32.1 Å². The summed E-state index contributed by atoms with van der Waals surface area (Å²) >= 11 is 6.59. The minimum absolute atomic E-state index is 0.319. The summed E-state index contributed by atoms with van der Waals surface area (Å²) in [5.41, 5.74) is 0.852. The zero-order valence-corrected chi connectivity index (χ0v) is 17.1. The summed E-state index contributed by atoms with van der Waals surface area (Å²) in [6, 6.07) is 0.331. The maximum Gasteiger partial charge on any atom is 0.348 e. The Hall–Kier alpha value is -1.67. The lowest BCUT2D eigenvalue weighted by Gasteiger charge is -2.22. The maximum atomic E-state index is 12.2. The van der Waals surface area contributed by atoms with E-state index in [1.807, 2.05) is 0 Å². The molecule has 1 heterocycles. The second-order valence-electron chi connectivity index (χ2n) is 6.38. The van der Waals surface area contributed by atoms with Crippen molar-refractivity contribution in [2.75, 3.05) is 19.5 Å². The topological polar surface area (TPSA) is 76.7 Å². The lowest BCUT2D eigenvalue weighted by molar-refractivity contribution is 0.0601. The van der Waals surface area contributed by atoms with E-state index in [0.717, 1.165) is 24.2 Å². The average Bonchev–Trinajstić information content (AvgIpc) is 2.91. The van der Waals surface area contributed by atoms with Crippen LogP contribution < -0.4 is 10.6 Å². The van der Waals surface area contributed by atoms with E-state index in [4.69, 9.17) is 21.7 Å². The largest absolute Gasteiger partial charge is 0.465 e. The van der Waals surface area contributed by atoms with Crippen molar-refractivity contribution in [3.63, 3.8) is 0 Å². The number of methoxy groups -OCH3 is 2. The number of thiocarbonyl (C=S) groups is 1. The van der Waals surface area contributed by atoms with Gasteiger partial charge in [0, 0.05) is 6.04 Å². The zero-order valence-electron chi connectivity index (χ0n) is 15.5. The second kappa shape index (κ2) is 9.87. The average molecular weight is 399 g/mol. The first-order valence-electron chi connectivity index (χ1n) is 8.85. The Morgan fingerprint density at radius 2 is 1.62 bits per heavy atom. The van der Waals surface area contributed by atoms with Crippen LogP contribution in [0.3, 0.4) is 0 Å². The van der Waals surface area contributed by atoms with Crippen molar-refractivity contribution in [3.8, 4) is 0 Å². The van der Waals surface area contributed by atoms with Gasteiger partial charge in [0.25, 0.3) is 0 Å². The molecule has 0 aliphatic heterocycles. The van der Waals surface area contributed by atoms with Crippen LogP contribution in [0.25, 0.3) is 0 Å². The van der Waals surface area contributed by atoms with Crippen LogP contribution in [0.5, 0.6) is 0 Å². The fourth-order valence-electron chi connectivity index (χ4n) is 3.16. The second-order valence-corrected chi connectivity index (χ2v) is 7.81. The molecule has 0 amide bonds. The Morgan fingerprint density at radius 1 is 1.04 bits per heavy atom. The Morgan fingerprint density at radius 3 is 2.19 bits per heavy atom. The van der Waals surface area contributed by atoms with Gasteiger partial charge in [0.15, 0.2) is 5.11 Å². The van der Waals surface area contributed by atoms with Crippen LogP contribution in [-0.4, -0.2) is 37.3 Å². The molecule has 1 aliphatic carbocycles. The summed E-state index contributed by atoms with van der Waals surface area (Å²) in [6.45, 7) is 1.70. The molecule has 2 N–H and O–H groups in total. The van der Waals surface area contributed by atoms with Crippen molar-refractivity contribution in [2.45, 2.75) is 57.9 Å². The molecule has 1 aromatic rings. The third-order valence-electron chi connectivity index (χ3n) is 4.57. The highest BCUT2D eigenvalue weighted by Crippen LogP contribution is 2.34. The Labute approximate surface area is 163 Å². The Kier molecular flexibility index (Phi) is 7.84. The van der Waals surface area contributed by atoms with Crippen molar-refractivity contribution in [1.29, 1.82) is 0 Å². The van der Waals surface area contributed by atoms with E-state index in [1.54, 1.807) is 6.92 Å². The Balaban J connectivity index is 2.14. The van der Waals surface area contributed by atoms with Gasteiger partial charge < -0.3 is 20.1 Å². The van der Waals surface area contributed by atoms with Crippen LogP contribution in [0.2, 0.25) is 0 Å². The predicted molar refractivity (Wildman–Crippen MR) is 107 cm³/mol. The highest BCUT2D eigenvalue weighted by molar-refractivity contribution is 7.80. The molecule has 6 nitrogen and oxygen atoms in total. The van der Waals surface area contributed by atoms with Crippen molar-refractivity contribution in [3.05, 3.63) is 16.0 Å². The van der Waals surface area contributed by atoms with Gasteiger partial charge in [0.05, 0.1) is 19.8 Å². The molecule has 0 aromatic carbocycles. The van der Waals surface area contributed by atoms with Gasteiger partial charge in [0.1, 0.15) is 9.88 Å². The third kappa shape index (κ3) is 5.17. The highest BCUT2D eigenvalue weighted by atomic mass is 32.1. The van der Waals surface area contributed by atoms with Crippen molar-refractivity contribution in [1.82, 2.24) is 5.32 Å². The molecule has 0 spiro atoms. The van der Waals surface area contributed by atoms with E-state index >= 15 is 0 Å². The van der Waals surface area contributed by atoms with Crippen LogP contribution in [0.15, 0.2) is 0 Å². The van der Waals surface area contributed by atoms with Gasteiger partial charge >= 0.3 is 11.9 Å². The molecule has 0 atom stereocenters. The lowest BCUT2D eigenvalue weighted by atomic mass is 9.97. The smallest absolute Gasteiger partial charge is 0.348 e. The van der Waals surface area contributed by atoms with E-state index in [1.165, 1.54) is 46.3 Å². The normalized spacial score (nSPS) is 15.5. The van der Waals surface area contributed by atoms with Crippen LogP contribution in [0, 0.1) is 6.92 Å². The number of esters is 2. The third-order valence-corrected chi connectivity index (χ3v) is 5.98. The van der Waals surface area contributed by atoms with Gasteiger partial charge in [-0.25, -0.2) is 9.59 Å². The predicted octanol–water partition coefficient (Wildman–Crippen LogP) is 4.03. The molecule has 8 heteroatoms. The fourth-order valence-corrected chi connectivity index (χ4v) is 4.61. The lowest BCUT2D eigenvalue weighted by Crippen LogP contribution is -2.38.